The predicted octanol–water partition coefficient (Wildman–Crippen LogP) is 4.01. The summed E-state index contributed by atoms with van der Waals surface area (Å²) < 4.78 is 44.3. The van der Waals surface area contributed by atoms with Crippen molar-refractivity contribution in [2.75, 3.05) is 0 Å². The Bertz CT molecular complexity index is 460. The number of alkyl halides is 3. The van der Waals surface area contributed by atoms with Gasteiger partial charge in [-0.1, -0.05) is 18.2 Å². The monoisotopic (exact) mass is 273 g/mol. The van der Waals surface area contributed by atoms with E-state index in [-0.39, 0.29) is 11.1 Å². The Morgan fingerprint density at radius 3 is 2.22 bits per heavy atom. The lowest BCUT2D eigenvalue weighted by molar-refractivity contribution is -0.200. The number of hydrogen-bond donors (Lipinski definition) is 0. The highest BCUT2D eigenvalue weighted by Gasteiger charge is 2.45. The molecule has 0 saturated carbocycles. The van der Waals surface area contributed by atoms with Crippen LogP contribution in [0.3, 0.4) is 0 Å². The van der Waals surface area contributed by atoms with Gasteiger partial charge in [-0.25, -0.2) is 0 Å². The van der Waals surface area contributed by atoms with E-state index in [2.05, 4.69) is 0 Å². The van der Waals surface area contributed by atoms with E-state index in [0.717, 1.165) is 0 Å². The van der Waals surface area contributed by atoms with Crippen LogP contribution in [0.4, 0.5) is 13.2 Å². The lowest BCUT2D eigenvalue weighted by Gasteiger charge is -2.28. The van der Waals surface area contributed by atoms with E-state index in [9.17, 15) is 13.2 Å². The Morgan fingerprint density at radius 2 is 1.78 bits per heavy atom. The molecular formula is C12H14F3NOSi. The highest BCUT2D eigenvalue weighted by molar-refractivity contribution is 6.69. The first-order valence-corrected chi connectivity index (χ1v) is 8.79. The van der Waals surface area contributed by atoms with Crippen LogP contribution in [0.5, 0.6) is 0 Å². The van der Waals surface area contributed by atoms with Crippen LogP contribution in [0, 0.1) is 11.3 Å². The average Bonchev–Trinajstić information content (AvgIpc) is 2.23. The molecule has 0 aliphatic heterocycles. The third-order valence-corrected chi connectivity index (χ3v) is 3.08. The molecule has 1 unspecified atom stereocenters. The molecule has 6 heteroatoms. The molecule has 0 aromatic heterocycles. The van der Waals surface area contributed by atoms with Gasteiger partial charge in [0.2, 0.25) is 0 Å². The summed E-state index contributed by atoms with van der Waals surface area (Å²) in [5.41, 5.74) is -0.118. The smallest absolute Gasteiger partial charge is 0.403 e. The second-order valence-corrected chi connectivity index (χ2v) is 9.31. The molecule has 1 aromatic carbocycles. The van der Waals surface area contributed by atoms with Gasteiger partial charge in [0.25, 0.3) is 0 Å². The van der Waals surface area contributed by atoms with Crippen molar-refractivity contribution in [2.24, 2.45) is 0 Å². The zero-order chi connectivity index (χ0) is 14.0. The van der Waals surface area contributed by atoms with Gasteiger partial charge in [-0.05, 0) is 25.7 Å². The van der Waals surface area contributed by atoms with Crippen LogP contribution in [-0.2, 0) is 4.43 Å². The van der Waals surface area contributed by atoms with Crippen LogP contribution in [0.15, 0.2) is 24.3 Å². The first-order chi connectivity index (χ1) is 8.15. The van der Waals surface area contributed by atoms with E-state index < -0.39 is 20.6 Å². The molecule has 0 radical (unpaired) electrons. The summed E-state index contributed by atoms with van der Waals surface area (Å²) in [5.74, 6) is 0. The molecule has 0 heterocycles. The third-order valence-electron chi connectivity index (χ3n) is 2.13. The molecule has 0 fully saturated rings. The van der Waals surface area contributed by atoms with Gasteiger partial charge in [-0.2, -0.15) is 18.4 Å². The Morgan fingerprint density at radius 1 is 1.22 bits per heavy atom. The normalized spacial score (nSPS) is 14.1. The molecule has 0 spiro atoms. The first-order valence-electron chi connectivity index (χ1n) is 5.39. The molecule has 18 heavy (non-hydrogen) atoms. The van der Waals surface area contributed by atoms with Crippen LogP contribution >= 0.6 is 0 Å². The summed E-state index contributed by atoms with van der Waals surface area (Å²) in [6.45, 7) is 5.04. The van der Waals surface area contributed by atoms with Gasteiger partial charge in [0.15, 0.2) is 14.4 Å². The lowest BCUT2D eigenvalue weighted by Crippen LogP contribution is -2.35. The van der Waals surface area contributed by atoms with E-state index in [1.807, 2.05) is 0 Å². The molecule has 0 aliphatic rings. The largest absolute Gasteiger partial charge is 0.417 e. The molecule has 0 saturated heterocycles. The Labute approximate surface area is 105 Å². The number of hydrogen-bond acceptors (Lipinski definition) is 2. The number of halogens is 3. The van der Waals surface area contributed by atoms with Crippen molar-refractivity contribution in [1.82, 2.24) is 0 Å². The average molecular weight is 273 g/mol. The van der Waals surface area contributed by atoms with Gasteiger partial charge >= 0.3 is 6.18 Å². The summed E-state index contributed by atoms with van der Waals surface area (Å²) in [6, 6.07) is 7.43. The molecule has 98 valence electrons. The van der Waals surface area contributed by atoms with Crippen LogP contribution in [-0.4, -0.2) is 14.5 Å². The molecular weight excluding hydrogens is 259 g/mol. The standard InChI is InChI=1S/C12H14F3NOSi/c1-18(2,3)17-11(12(13,14)15)10-7-5-4-6-9(10)8-16/h4-7,11H,1-3H3. The van der Waals surface area contributed by atoms with E-state index >= 15 is 0 Å². The topological polar surface area (TPSA) is 33.0 Å². The molecule has 2 nitrogen and oxygen atoms in total. The van der Waals surface area contributed by atoms with Gasteiger partial charge < -0.3 is 4.43 Å². The SMILES string of the molecule is C[Si](C)(C)OC(c1ccccc1C#N)C(F)(F)F. The van der Waals surface area contributed by atoms with Crippen LogP contribution in [0.2, 0.25) is 19.6 Å². The van der Waals surface area contributed by atoms with Crippen molar-refractivity contribution >= 4 is 8.32 Å². The summed E-state index contributed by atoms with van der Waals surface area (Å²) in [5, 5.41) is 8.87. The van der Waals surface area contributed by atoms with Crippen LogP contribution in [0.25, 0.3) is 0 Å². The highest BCUT2D eigenvalue weighted by atomic mass is 28.4. The molecule has 0 aliphatic carbocycles. The fourth-order valence-corrected chi connectivity index (χ4v) is 2.46. The summed E-state index contributed by atoms with van der Waals surface area (Å²) >= 11 is 0. The molecule has 1 aromatic rings. The quantitative estimate of drug-likeness (QED) is 0.779. The van der Waals surface area contributed by atoms with Crippen molar-refractivity contribution in [3.05, 3.63) is 35.4 Å². The molecule has 1 rings (SSSR count). The number of nitriles is 1. The molecule has 0 amide bonds. The Hall–Kier alpha value is -1.32. The Balaban J connectivity index is 3.24. The number of nitrogens with zero attached hydrogens (tertiary/aromatic N) is 1. The molecule has 0 bridgehead atoms. The number of benzene rings is 1. The zero-order valence-corrected chi connectivity index (χ0v) is 11.4. The van der Waals surface area contributed by atoms with Gasteiger partial charge in [-0.15, -0.1) is 0 Å². The fourth-order valence-electron chi connectivity index (χ4n) is 1.49. The second kappa shape index (κ2) is 5.12. The lowest BCUT2D eigenvalue weighted by atomic mass is 10.0. The van der Waals surface area contributed by atoms with E-state index in [1.165, 1.54) is 24.3 Å². The third kappa shape index (κ3) is 3.86. The zero-order valence-electron chi connectivity index (χ0n) is 10.4. The summed E-state index contributed by atoms with van der Waals surface area (Å²) in [7, 11) is -2.38. The fraction of sp³-hybridized carbons (Fsp3) is 0.417. The van der Waals surface area contributed by atoms with E-state index in [4.69, 9.17) is 9.69 Å². The van der Waals surface area contributed by atoms with Crippen LogP contribution in [0.1, 0.15) is 17.2 Å². The Kier molecular flexibility index (Phi) is 4.19. The van der Waals surface area contributed by atoms with Crippen molar-refractivity contribution in [3.8, 4) is 6.07 Å². The first kappa shape index (κ1) is 14.7. The second-order valence-electron chi connectivity index (χ2n) is 4.85. The minimum atomic E-state index is -4.52. The highest BCUT2D eigenvalue weighted by Crippen LogP contribution is 2.39. The minimum absolute atomic E-state index is 0.00178. The maximum atomic E-state index is 13.0. The number of rotatable bonds is 3. The summed E-state index contributed by atoms with van der Waals surface area (Å²) in [6.07, 6.45) is -6.55. The van der Waals surface area contributed by atoms with Gasteiger partial charge in [0.1, 0.15) is 0 Å². The van der Waals surface area contributed by atoms with Crippen molar-refractivity contribution in [3.63, 3.8) is 0 Å². The minimum Gasteiger partial charge on any atom is -0.403 e. The maximum Gasteiger partial charge on any atom is 0.417 e. The van der Waals surface area contributed by atoms with Crippen molar-refractivity contribution < 1.29 is 17.6 Å². The van der Waals surface area contributed by atoms with Gasteiger partial charge in [-0.3, -0.25) is 0 Å². The van der Waals surface area contributed by atoms with Crippen molar-refractivity contribution in [1.29, 1.82) is 5.26 Å². The maximum absolute atomic E-state index is 13.0. The predicted molar refractivity (Wildman–Crippen MR) is 64.4 cm³/mol. The molecule has 1 atom stereocenters. The van der Waals surface area contributed by atoms with E-state index in [0.29, 0.717) is 0 Å². The van der Waals surface area contributed by atoms with Crippen LogP contribution < -0.4 is 0 Å². The van der Waals surface area contributed by atoms with Gasteiger partial charge in [0.05, 0.1) is 11.6 Å². The van der Waals surface area contributed by atoms with Crippen molar-refractivity contribution in [2.45, 2.75) is 31.9 Å². The van der Waals surface area contributed by atoms with E-state index in [1.54, 1.807) is 25.7 Å². The summed E-state index contributed by atoms with van der Waals surface area (Å²) in [4.78, 5) is 0. The van der Waals surface area contributed by atoms with Gasteiger partial charge in [0, 0.05) is 5.56 Å². The molecule has 0 N–H and O–H groups in total.